The van der Waals surface area contributed by atoms with Gasteiger partial charge in [-0.05, 0) is 37.4 Å². The first kappa shape index (κ1) is 19.0. The molecule has 1 unspecified atom stereocenters. The van der Waals surface area contributed by atoms with E-state index in [2.05, 4.69) is 15.6 Å². The van der Waals surface area contributed by atoms with Crippen molar-refractivity contribution in [3.63, 3.8) is 0 Å². The van der Waals surface area contributed by atoms with Gasteiger partial charge in [0, 0.05) is 12.7 Å². The van der Waals surface area contributed by atoms with Crippen LogP contribution in [0.5, 0.6) is 0 Å². The second-order valence-electron chi connectivity index (χ2n) is 6.26. The monoisotopic (exact) mass is 384 g/mol. The number of likely N-dealkylation sites (N-methyl/N-ethyl adjacent to an activating group) is 1. The predicted octanol–water partition coefficient (Wildman–Crippen LogP) is 4.37. The second kappa shape index (κ2) is 8.75. The van der Waals surface area contributed by atoms with Gasteiger partial charge in [-0.15, -0.1) is 0 Å². The van der Waals surface area contributed by atoms with Crippen molar-refractivity contribution in [2.75, 3.05) is 26.0 Å². The van der Waals surface area contributed by atoms with E-state index in [-0.39, 0.29) is 17.9 Å². The van der Waals surface area contributed by atoms with Gasteiger partial charge in [-0.1, -0.05) is 53.8 Å². The van der Waals surface area contributed by atoms with Gasteiger partial charge in [0.05, 0.1) is 10.9 Å². The molecule has 7 heteroatoms. The van der Waals surface area contributed by atoms with E-state index in [0.717, 1.165) is 16.0 Å². The lowest BCUT2D eigenvalue weighted by Gasteiger charge is -2.25. The van der Waals surface area contributed by atoms with Crippen LogP contribution in [0.1, 0.15) is 11.6 Å². The van der Waals surface area contributed by atoms with Gasteiger partial charge in [0.2, 0.25) is 0 Å². The van der Waals surface area contributed by atoms with Gasteiger partial charge in [-0.2, -0.15) is 0 Å². The summed E-state index contributed by atoms with van der Waals surface area (Å²) in [5, 5.41) is 6.16. The van der Waals surface area contributed by atoms with Crippen LogP contribution in [0.4, 0.5) is 14.3 Å². The third kappa shape index (κ3) is 5.12. The van der Waals surface area contributed by atoms with E-state index in [4.69, 9.17) is 0 Å². The molecular weight excluding hydrogens is 363 g/mol. The van der Waals surface area contributed by atoms with E-state index in [1.54, 1.807) is 18.3 Å². The van der Waals surface area contributed by atoms with Crippen LogP contribution in [0.3, 0.4) is 0 Å². The van der Waals surface area contributed by atoms with Gasteiger partial charge < -0.3 is 10.2 Å². The maximum absolute atomic E-state index is 13.1. The Morgan fingerprint density at radius 1 is 1.15 bits per heavy atom. The Hall–Kier alpha value is -2.77. The van der Waals surface area contributed by atoms with Crippen molar-refractivity contribution in [1.82, 2.24) is 15.2 Å². The lowest BCUT2D eigenvalue weighted by molar-refractivity contribution is 0.243. The highest BCUT2D eigenvalue weighted by Crippen LogP contribution is 2.28. The van der Waals surface area contributed by atoms with E-state index in [1.165, 1.54) is 23.5 Å². The zero-order valence-electron chi connectivity index (χ0n) is 15.1. The van der Waals surface area contributed by atoms with Crippen molar-refractivity contribution in [2.45, 2.75) is 6.04 Å². The van der Waals surface area contributed by atoms with Crippen molar-refractivity contribution >= 4 is 22.5 Å². The normalized spacial score (nSPS) is 12.0. The van der Waals surface area contributed by atoms with E-state index < -0.39 is 0 Å². The lowest BCUT2D eigenvalue weighted by Crippen LogP contribution is -2.36. The Bertz CT molecular complexity index is 881. The van der Waals surface area contributed by atoms with Gasteiger partial charge >= 0.3 is 6.03 Å². The van der Waals surface area contributed by atoms with Gasteiger partial charge in [0.15, 0.2) is 5.13 Å². The molecule has 2 N–H and O–H groups in total. The van der Waals surface area contributed by atoms with Crippen molar-refractivity contribution in [2.24, 2.45) is 0 Å². The number of nitrogens with one attached hydrogen (secondary N) is 2. The molecule has 0 aliphatic carbocycles. The quantitative estimate of drug-likeness (QED) is 0.663. The van der Waals surface area contributed by atoms with E-state index >= 15 is 0 Å². The molecular formula is C20H21FN4OS. The fourth-order valence-electron chi connectivity index (χ4n) is 2.68. The molecule has 5 nitrogen and oxygen atoms in total. The van der Waals surface area contributed by atoms with Crippen molar-refractivity contribution in [3.8, 4) is 10.4 Å². The molecule has 3 aromatic rings. The molecule has 1 atom stereocenters. The van der Waals surface area contributed by atoms with Crippen LogP contribution < -0.4 is 10.6 Å². The molecule has 27 heavy (non-hydrogen) atoms. The molecule has 0 bridgehead atoms. The maximum Gasteiger partial charge on any atom is 0.321 e. The number of benzene rings is 2. The fourth-order valence-corrected chi connectivity index (χ4v) is 3.50. The number of urea groups is 1. The zero-order chi connectivity index (χ0) is 19.2. The summed E-state index contributed by atoms with van der Waals surface area (Å²) in [6.07, 6.45) is 1.75. The molecule has 0 saturated carbocycles. The molecule has 140 valence electrons. The van der Waals surface area contributed by atoms with E-state index in [1.807, 2.05) is 49.3 Å². The number of carbonyl (C=O) groups excluding carboxylic acids is 1. The average Bonchev–Trinajstić information content (AvgIpc) is 3.12. The summed E-state index contributed by atoms with van der Waals surface area (Å²) >= 11 is 1.42. The smallest absolute Gasteiger partial charge is 0.321 e. The topological polar surface area (TPSA) is 57.3 Å². The Labute approximate surface area is 161 Å². The molecule has 0 radical (unpaired) electrons. The predicted molar refractivity (Wildman–Crippen MR) is 107 cm³/mol. The van der Waals surface area contributed by atoms with Crippen LogP contribution >= 0.6 is 11.3 Å². The summed E-state index contributed by atoms with van der Waals surface area (Å²) in [6, 6.07) is 15.8. The molecule has 2 aromatic carbocycles. The maximum atomic E-state index is 13.1. The van der Waals surface area contributed by atoms with Crippen LogP contribution in [0.2, 0.25) is 0 Å². The van der Waals surface area contributed by atoms with E-state index in [9.17, 15) is 9.18 Å². The Morgan fingerprint density at radius 2 is 1.85 bits per heavy atom. The van der Waals surface area contributed by atoms with Gasteiger partial charge in [0.1, 0.15) is 5.82 Å². The van der Waals surface area contributed by atoms with Gasteiger partial charge in [-0.3, -0.25) is 5.32 Å². The van der Waals surface area contributed by atoms with Crippen LogP contribution in [0.25, 0.3) is 10.4 Å². The highest BCUT2D eigenvalue weighted by atomic mass is 32.1. The summed E-state index contributed by atoms with van der Waals surface area (Å²) < 4.78 is 13.1. The molecule has 0 aliphatic heterocycles. The number of carbonyl (C=O) groups is 1. The Kier molecular flexibility index (Phi) is 6.16. The van der Waals surface area contributed by atoms with Crippen molar-refractivity contribution < 1.29 is 9.18 Å². The SMILES string of the molecule is CN(C)C(CNC(=O)Nc1ncc(-c2ccccc2)s1)c1ccc(F)cc1. The first-order valence-electron chi connectivity index (χ1n) is 8.51. The molecule has 0 saturated heterocycles. The third-order valence-electron chi connectivity index (χ3n) is 4.12. The van der Waals surface area contributed by atoms with Crippen LogP contribution in [0.15, 0.2) is 60.8 Å². The van der Waals surface area contributed by atoms with Crippen LogP contribution in [-0.4, -0.2) is 36.6 Å². The fraction of sp³-hybridized carbons (Fsp3) is 0.200. The molecule has 0 spiro atoms. The molecule has 1 aromatic heterocycles. The summed E-state index contributed by atoms with van der Waals surface area (Å²) in [6.45, 7) is 0.390. The van der Waals surface area contributed by atoms with E-state index in [0.29, 0.717) is 11.7 Å². The molecule has 0 aliphatic rings. The number of anilines is 1. The number of thiazole rings is 1. The third-order valence-corrected chi connectivity index (χ3v) is 5.08. The molecule has 2 amide bonds. The highest BCUT2D eigenvalue weighted by molar-refractivity contribution is 7.19. The van der Waals surface area contributed by atoms with Gasteiger partial charge in [0.25, 0.3) is 0 Å². The Morgan fingerprint density at radius 3 is 2.52 bits per heavy atom. The zero-order valence-corrected chi connectivity index (χ0v) is 16.0. The molecule has 3 rings (SSSR count). The number of aromatic nitrogens is 1. The number of hydrogen-bond donors (Lipinski definition) is 2. The lowest BCUT2D eigenvalue weighted by atomic mass is 10.1. The molecule has 0 fully saturated rings. The minimum atomic E-state index is -0.321. The average molecular weight is 384 g/mol. The summed E-state index contributed by atoms with van der Waals surface area (Å²) in [5.74, 6) is -0.278. The highest BCUT2D eigenvalue weighted by Gasteiger charge is 2.16. The minimum Gasteiger partial charge on any atom is -0.336 e. The number of nitrogens with zero attached hydrogens (tertiary/aromatic N) is 2. The Balaban J connectivity index is 1.58. The number of halogens is 1. The molecule has 1 heterocycles. The van der Waals surface area contributed by atoms with Crippen molar-refractivity contribution in [1.29, 1.82) is 0 Å². The summed E-state index contributed by atoms with van der Waals surface area (Å²) in [4.78, 5) is 19.5. The second-order valence-corrected chi connectivity index (χ2v) is 7.29. The first-order valence-corrected chi connectivity index (χ1v) is 9.32. The largest absolute Gasteiger partial charge is 0.336 e. The van der Waals surface area contributed by atoms with Gasteiger partial charge in [-0.25, -0.2) is 14.2 Å². The van der Waals surface area contributed by atoms with Crippen molar-refractivity contribution in [3.05, 3.63) is 72.2 Å². The summed E-state index contributed by atoms with van der Waals surface area (Å²) in [7, 11) is 3.83. The van der Waals surface area contributed by atoms with Crippen LogP contribution in [0, 0.1) is 5.82 Å². The standard InChI is InChI=1S/C20H21FN4OS/c1-25(2)17(14-8-10-16(21)11-9-14)12-22-19(26)24-20-23-13-18(27-20)15-6-4-3-5-7-15/h3-11,13,17H,12H2,1-2H3,(H2,22,23,24,26). The number of amides is 2. The summed E-state index contributed by atoms with van der Waals surface area (Å²) in [5.41, 5.74) is 2.00. The number of rotatable bonds is 6. The first-order chi connectivity index (χ1) is 13.0. The minimum absolute atomic E-state index is 0.0625. The van der Waals surface area contributed by atoms with Crippen LogP contribution in [-0.2, 0) is 0 Å². The number of hydrogen-bond acceptors (Lipinski definition) is 4.